The molecular formula is C14H17FN2O3. The van der Waals surface area contributed by atoms with E-state index in [-0.39, 0.29) is 6.54 Å². The van der Waals surface area contributed by atoms with E-state index >= 15 is 0 Å². The van der Waals surface area contributed by atoms with Gasteiger partial charge in [0.15, 0.2) is 0 Å². The maximum Gasteiger partial charge on any atom is 0.321 e. The molecule has 1 aromatic carbocycles. The van der Waals surface area contributed by atoms with E-state index in [0.717, 1.165) is 0 Å². The number of carbonyl (C=O) groups is 2. The van der Waals surface area contributed by atoms with Gasteiger partial charge in [-0.05, 0) is 38.0 Å². The number of halogens is 1. The number of amides is 2. The Morgan fingerprint density at radius 1 is 1.45 bits per heavy atom. The van der Waals surface area contributed by atoms with Crippen LogP contribution < -0.4 is 10.2 Å². The molecule has 2 rings (SSSR count). The molecule has 2 amide bonds. The SMILES string of the molecule is CCN(C(=O)NCC1(C(=O)O)CC1)c1cccc(F)c1. The first-order valence-electron chi connectivity index (χ1n) is 6.53. The van der Waals surface area contributed by atoms with Gasteiger partial charge in [-0.15, -0.1) is 0 Å². The van der Waals surface area contributed by atoms with Gasteiger partial charge in [-0.1, -0.05) is 6.07 Å². The van der Waals surface area contributed by atoms with E-state index in [0.29, 0.717) is 25.1 Å². The molecule has 6 heteroatoms. The van der Waals surface area contributed by atoms with Crippen molar-refractivity contribution in [2.24, 2.45) is 5.41 Å². The van der Waals surface area contributed by atoms with Gasteiger partial charge in [0.2, 0.25) is 0 Å². The summed E-state index contributed by atoms with van der Waals surface area (Å²) in [7, 11) is 0. The zero-order valence-corrected chi connectivity index (χ0v) is 11.2. The normalized spacial score (nSPS) is 15.5. The molecule has 1 fully saturated rings. The lowest BCUT2D eigenvalue weighted by molar-refractivity contribution is -0.143. The van der Waals surface area contributed by atoms with Gasteiger partial charge in [-0.2, -0.15) is 0 Å². The number of urea groups is 1. The lowest BCUT2D eigenvalue weighted by Gasteiger charge is -2.22. The van der Waals surface area contributed by atoms with Crippen molar-refractivity contribution in [2.45, 2.75) is 19.8 Å². The molecule has 0 saturated heterocycles. The summed E-state index contributed by atoms with van der Waals surface area (Å²) in [6.07, 6.45) is 1.16. The van der Waals surface area contributed by atoms with Gasteiger partial charge < -0.3 is 10.4 Å². The standard InChI is InChI=1S/C14H17FN2O3/c1-2-17(11-5-3-4-10(15)8-11)13(20)16-9-14(6-7-14)12(18)19/h3-5,8H,2,6-7,9H2,1H3,(H,16,20)(H,18,19). The van der Waals surface area contributed by atoms with Crippen LogP contribution in [0.2, 0.25) is 0 Å². The van der Waals surface area contributed by atoms with Crippen molar-refractivity contribution in [1.82, 2.24) is 5.32 Å². The van der Waals surface area contributed by atoms with Crippen LogP contribution in [0.4, 0.5) is 14.9 Å². The fraction of sp³-hybridized carbons (Fsp3) is 0.429. The molecule has 0 radical (unpaired) electrons. The highest BCUT2D eigenvalue weighted by molar-refractivity contribution is 5.92. The van der Waals surface area contributed by atoms with Gasteiger partial charge in [0, 0.05) is 18.8 Å². The molecule has 1 aliphatic carbocycles. The van der Waals surface area contributed by atoms with Crippen LogP contribution in [-0.2, 0) is 4.79 Å². The minimum atomic E-state index is -0.883. The smallest absolute Gasteiger partial charge is 0.321 e. The summed E-state index contributed by atoms with van der Waals surface area (Å²) in [4.78, 5) is 24.5. The van der Waals surface area contributed by atoms with Gasteiger partial charge >= 0.3 is 12.0 Å². The summed E-state index contributed by atoms with van der Waals surface area (Å²) in [6, 6.07) is 5.33. The van der Waals surface area contributed by atoms with Crippen LogP contribution in [0.3, 0.4) is 0 Å². The Kier molecular flexibility index (Phi) is 3.92. The Morgan fingerprint density at radius 2 is 2.15 bits per heavy atom. The van der Waals surface area contributed by atoms with Crippen LogP contribution in [0.5, 0.6) is 0 Å². The monoisotopic (exact) mass is 280 g/mol. The fourth-order valence-corrected chi connectivity index (χ4v) is 2.04. The second kappa shape index (κ2) is 5.48. The average molecular weight is 280 g/mol. The summed E-state index contributed by atoms with van der Waals surface area (Å²) >= 11 is 0. The average Bonchev–Trinajstić information content (AvgIpc) is 3.18. The minimum absolute atomic E-state index is 0.104. The molecule has 1 saturated carbocycles. The largest absolute Gasteiger partial charge is 0.481 e. The van der Waals surface area contributed by atoms with E-state index < -0.39 is 23.2 Å². The Balaban J connectivity index is 2.01. The highest BCUT2D eigenvalue weighted by atomic mass is 19.1. The third-order valence-corrected chi connectivity index (χ3v) is 3.57. The number of nitrogens with zero attached hydrogens (tertiary/aromatic N) is 1. The number of hydrogen-bond acceptors (Lipinski definition) is 2. The molecule has 0 atom stereocenters. The Bertz CT molecular complexity index is 529. The number of hydrogen-bond donors (Lipinski definition) is 2. The quantitative estimate of drug-likeness (QED) is 0.869. The molecule has 1 aromatic rings. The van der Waals surface area contributed by atoms with E-state index in [2.05, 4.69) is 5.32 Å². The van der Waals surface area contributed by atoms with Crippen LogP contribution in [-0.4, -0.2) is 30.2 Å². The van der Waals surface area contributed by atoms with Crippen molar-refractivity contribution in [3.05, 3.63) is 30.1 Å². The van der Waals surface area contributed by atoms with Crippen LogP contribution in [0, 0.1) is 11.2 Å². The zero-order chi connectivity index (χ0) is 14.8. The Hall–Kier alpha value is -2.11. The van der Waals surface area contributed by atoms with E-state index in [1.54, 1.807) is 13.0 Å². The lowest BCUT2D eigenvalue weighted by Crippen LogP contribution is -2.43. The predicted molar refractivity (Wildman–Crippen MR) is 72.1 cm³/mol. The number of nitrogens with one attached hydrogen (secondary N) is 1. The second-order valence-corrected chi connectivity index (χ2v) is 4.97. The topological polar surface area (TPSA) is 69.6 Å². The number of carboxylic acid groups (broad SMARTS) is 1. The minimum Gasteiger partial charge on any atom is -0.481 e. The number of rotatable bonds is 5. The van der Waals surface area contributed by atoms with E-state index in [1.807, 2.05) is 0 Å². The maximum atomic E-state index is 13.2. The number of carboxylic acids is 1. The molecule has 0 unspecified atom stereocenters. The molecule has 0 aliphatic heterocycles. The Labute approximate surface area is 116 Å². The van der Waals surface area contributed by atoms with Crippen molar-refractivity contribution >= 4 is 17.7 Å². The zero-order valence-electron chi connectivity index (χ0n) is 11.2. The van der Waals surface area contributed by atoms with E-state index in [1.165, 1.54) is 23.1 Å². The van der Waals surface area contributed by atoms with E-state index in [4.69, 9.17) is 5.11 Å². The predicted octanol–water partition coefficient (Wildman–Crippen LogP) is 2.23. The molecule has 108 valence electrons. The van der Waals surface area contributed by atoms with Gasteiger partial charge in [-0.3, -0.25) is 9.69 Å². The maximum absolute atomic E-state index is 13.2. The molecule has 5 nitrogen and oxygen atoms in total. The summed E-state index contributed by atoms with van der Waals surface area (Å²) in [5, 5.41) is 11.7. The van der Waals surface area contributed by atoms with Gasteiger partial charge in [-0.25, -0.2) is 9.18 Å². The third-order valence-electron chi connectivity index (χ3n) is 3.57. The Morgan fingerprint density at radius 3 is 2.65 bits per heavy atom. The number of benzene rings is 1. The van der Waals surface area contributed by atoms with Crippen molar-refractivity contribution in [1.29, 1.82) is 0 Å². The van der Waals surface area contributed by atoms with Crippen molar-refractivity contribution in [3.63, 3.8) is 0 Å². The second-order valence-electron chi connectivity index (χ2n) is 4.97. The number of aliphatic carboxylic acids is 1. The van der Waals surface area contributed by atoms with Crippen LogP contribution >= 0.6 is 0 Å². The van der Waals surface area contributed by atoms with Gasteiger partial charge in [0.05, 0.1) is 5.41 Å². The van der Waals surface area contributed by atoms with Crippen molar-refractivity contribution in [3.8, 4) is 0 Å². The third kappa shape index (κ3) is 2.89. The first-order chi connectivity index (χ1) is 9.48. The molecule has 0 bridgehead atoms. The van der Waals surface area contributed by atoms with Crippen LogP contribution in [0.1, 0.15) is 19.8 Å². The molecule has 20 heavy (non-hydrogen) atoms. The highest BCUT2D eigenvalue weighted by Crippen LogP contribution is 2.45. The lowest BCUT2D eigenvalue weighted by atomic mass is 10.1. The first kappa shape index (κ1) is 14.3. The molecule has 0 aromatic heterocycles. The van der Waals surface area contributed by atoms with Gasteiger partial charge in [0.25, 0.3) is 0 Å². The van der Waals surface area contributed by atoms with Crippen LogP contribution in [0.15, 0.2) is 24.3 Å². The van der Waals surface area contributed by atoms with Crippen molar-refractivity contribution < 1.29 is 19.1 Å². The van der Waals surface area contributed by atoms with Crippen LogP contribution in [0.25, 0.3) is 0 Å². The number of anilines is 1. The molecular weight excluding hydrogens is 263 g/mol. The molecule has 2 N–H and O–H groups in total. The summed E-state index contributed by atoms with van der Waals surface area (Å²) in [5.74, 6) is -1.30. The molecule has 0 heterocycles. The number of carbonyl (C=O) groups excluding carboxylic acids is 1. The molecule has 1 aliphatic rings. The van der Waals surface area contributed by atoms with E-state index in [9.17, 15) is 14.0 Å². The first-order valence-corrected chi connectivity index (χ1v) is 6.53. The summed E-state index contributed by atoms with van der Waals surface area (Å²) in [5.41, 5.74) is -0.359. The molecule has 0 spiro atoms. The summed E-state index contributed by atoms with van der Waals surface area (Å²) < 4.78 is 13.2. The fourth-order valence-electron chi connectivity index (χ4n) is 2.04. The highest BCUT2D eigenvalue weighted by Gasteiger charge is 2.50. The van der Waals surface area contributed by atoms with Crippen molar-refractivity contribution in [2.75, 3.05) is 18.0 Å². The summed E-state index contributed by atoms with van der Waals surface area (Å²) in [6.45, 7) is 2.25. The van der Waals surface area contributed by atoms with Gasteiger partial charge in [0.1, 0.15) is 5.82 Å².